The predicted octanol–water partition coefficient (Wildman–Crippen LogP) is 0.257. The lowest BCUT2D eigenvalue weighted by atomic mass is 10.3. The van der Waals surface area contributed by atoms with Gasteiger partial charge in [0.15, 0.2) is 0 Å². The minimum Gasteiger partial charge on any atom is -0.467 e. The zero-order valence-corrected chi connectivity index (χ0v) is 6.93. The van der Waals surface area contributed by atoms with Crippen molar-refractivity contribution < 1.29 is 14.4 Å². The van der Waals surface area contributed by atoms with E-state index in [0.29, 0.717) is 5.70 Å². The monoisotopic (exact) mass is 184 g/mol. The van der Waals surface area contributed by atoms with Crippen LogP contribution in [-0.2, 0) is 14.4 Å². The first kappa shape index (κ1) is 9.37. The summed E-state index contributed by atoms with van der Waals surface area (Å²) in [6.07, 6.45) is 0.745. The fourth-order valence-electron chi connectivity index (χ4n) is 0.815. The van der Waals surface area contributed by atoms with Gasteiger partial charge in [0.05, 0.1) is 13.7 Å². The zero-order chi connectivity index (χ0) is 9.68. The Kier molecular flexibility index (Phi) is 3.13. The molecule has 70 valence electrons. The number of nitrogens with one attached hydrogen (secondary N) is 1. The molecule has 0 amide bonds. The molecule has 0 aromatic heterocycles. The summed E-state index contributed by atoms with van der Waals surface area (Å²) in [5.41, 5.74) is 11.0. The number of methoxy groups -OCH3 is 1. The molecule has 7 heteroatoms. The number of esters is 1. The van der Waals surface area contributed by atoms with E-state index in [-0.39, 0.29) is 6.54 Å². The Morgan fingerprint density at radius 3 is 3.38 bits per heavy atom. The van der Waals surface area contributed by atoms with Crippen molar-refractivity contribution in [2.45, 2.75) is 6.10 Å². The van der Waals surface area contributed by atoms with Crippen LogP contribution in [0.15, 0.2) is 16.9 Å². The first-order valence-electron chi connectivity index (χ1n) is 3.49. The molecule has 0 aliphatic carbocycles. The highest BCUT2D eigenvalue weighted by atomic mass is 16.7. The van der Waals surface area contributed by atoms with Crippen LogP contribution in [0.1, 0.15) is 0 Å². The Hall–Kier alpha value is -1.72. The standard InChI is InChI=1S/C6H8N4O3/c1-12-6(11)5-2-4(9-13-5)3-8-10-7/h2,5,9H,3H2,1H3. The summed E-state index contributed by atoms with van der Waals surface area (Å²) in [4.78, 5) is 18.3. The summed E-state index contributed by atoms with van der Waals surface area (Å²) in [5.74, 6) is -0.497. The zero-order valence-electron chi connectivity index (χ0n) is 6.93. The van der Waals surface area contributed by atoms with E-state index in [1.165, 1.54) is 13.2 Å². The van der Waals surface area contributed by atoms with E-state index in [0.717, 1.165) is 0 Å². The molecule has 0 aromatic rings. The van der Waals surface area contributed by atoms with Gasteiger partial charge in [-0.1, -0.05) is 5.11 Å². The van der Waals surface area contributed by atoms with Crippen molar-refractivity contribution in [1.29, 1.82) is 0 Å². The molecule has 1 unspecified atom stereocenters. The van der Waals surface area contributed by atoms with Gasteiger partial charge in [0, 0.05) is 10.6 Å². The molecule has 1 N–H and O–H groups in total. The molecule has 7 nitrogen and oxygen atoms in total. The number of carbonyl (C=O) groups excluding carboxylic acids is 1. The number of hydrogen-bond donors (Lipinski definition) is 1. The summed E-state index contributed by atoms with van der Waals surface area (Å²) >= 11 is 0. The Labute approximate surface area is 73.9 Å². The maximum atomic E-state index is 10.9. The third-order valence-electron chi connectivity index (χ3n) is 1.41. The molecule has 0 radical (unpaired) electrons. The highest BCUT2D eigenvalue weighted by Gasteiger charge is 2.23. The van der Waals surface area contributed by atoms with Crippen molar-refractivity contribution in [3.8, 4) is 0 Å². The Balaban J connectivity index is 2.52. The van der Waals surface area contributed by atoms with Crippen LogP contribution in [0.2, 0.25) is 0 Å². The van der Waals surface area contributed by atoms with Crippen LogP contribution < -0.4 is 5.48 Å². The number of nitrogens with zero attached hydrogens (tertiary/aromatic N) is 3. The third-order valence-corrected chi connectivity index (χ3v) is 1.41. The maximum absolute atomic E-state index is 10.9. The van der Waals surface area contributed by atoms with Crippen LogP contribution in [0.4, 0.5) is 0 Å². The Morgan fingerprint density at radius 1 is 2.00 bits per heavy atom. The smallest absolute Gasteiger partial charge is 0.341 e. The lowest BCUT2D eigenvalue weighted by Gasteiger charge is -2.03. The minimum atomic E-state index is -0.756. The second-order valence-electron chi connectivity index (χ2n) is 2.24. The van der Waals surface area contributed by atoms with Crippen LogP contribution in [-0.4, -0.2) is 25.7 Å². The van der Waals surface area contributed by atoms with E-state index in [4.69, 9.17) is 10.4 Å². The first-order chi connectivity index (χ1) is 6.27. The molecule has 0 saturated heterocycles. The summed E-state index contributed by atoms with van der Waals surface area (Å²) in [6, 6.07) is 0. The molecule has 0 bridgehead atoms. The lowest BCUT2D eigenvalue weighted by Crippen LogP contribution is -2.23. The van der Waals surface area contributed by atoms with Crippen molar-refractivity contribution in [1.82, 2.24) is 5.48 Å². The normalized spacial score (nSPS) is 19.8. The van der Waals surface area contributed by atoms with E-state index in [9.17, 15) is 4.79 Å². The van der Waals surface area contributed by atoms with Crippen molar-refractivity contribution in [3.05, 3.63) is 22.2 Å². The van der Waals surface area contributed by atoms with Crippen molar-refractivity contribution >= 4 is 5.97 Å². The Morgan fingerprint density at radius 2 is 2.77 bits per heavy atom. The molecular formula is C6H8N4O3. The van der Waals surface area contributed by atoms with E-state index in [2.05, 4.69) is 20.2 Å². The summed E-state index contributed by atoms with van der Waals surface area (Å²) < 4.78 is 4.43. The Bertz CT molecular complexity index is 282. The molecule has 1 atom stereocenters. The van der Waals surface area contributed by atoms with Crippen molar-refractivity contribution in [2.24, 2.45) is 5.11 Å². The van der Waals surface area contributed by atoms with Crippen LogP contribution in [0.3, 0.4) is 0 Å². The highest BCUT2D eigenvalue weighted by Crippen LogP contribution is 2.08. The molecule has 1 aliphatic heterocycles. The average molecular weight is 184 g/mol. The van der Waals surface area contributed by atoms with Gasteiger partial charge >= 0.3 is 5.97 Å². The summed E-state index contributed by atoms with van der Waals surface area (Å²) in [7, 11) is 1.27. The predicted molar refractivity (Wildman–Crippen MR) is 42.1 cm³/mol. The number of hydrogen-bond acceptors (Lipinski definition) is 5. The summed E-state index contributed by atoms with van der Waals surface area (Å²) in [6.45, 7) is 0.129. The largest absolute Gasteiger partial charge is 0.467 e. The summed E-state index contributed by atoms with van der Waals surface area (Å²) in [5, 5.41) is 3.29. The average Bonchev–Trinajstić information content (AvgIpc) is 2.62. The highest BCUT2D eigenvalue weighted by molar-refractivity contribution is 5.77. The van der Waals surface area contributed by atoms with Crippen LogP contribution >= 0.6 is 0 Å². The van der Waals surface area contributed by atoms with Gasteiger partial charge in [-0.05, 0) is 11.6 Å². The first-order valence-corrected chi connectivity index (χ1v) is 3.49. The van der Waals surface area contributed by atoms with Gasteiger partial charge in [-0.25, -0.2) is 4.79 Å². The number of hydroxylamine groups is 1. The number of azide groups is 1. The molecule has 13 heavy (non-hydrogen) atoms. The van der Waals surface area contributed by atoms with Gasteiger partial charge in [0.1, 0.15) is 0 Å². The topological polar surface area (TPSA) is 96.3 Å². The lowest BCUT2D eigenvalue weighted by molar-refractivity contribution is -0.152. The number of carbonyl (C=O) groups is 1. The SMILES string of the molecule is COC(=O)C1C=C(CN=[N+]=[N-])NO1. The molecule has 0 fully saturated rings. The molecule has 1 aliphatic rings. The van der Waals surface area contributed by atoms with Crippen molar-refractivity contribution in [2.75, 3.05) is 13.7 Å². The second-order valence-corrected chi connectivity index (χ2v) is 2.24. The minimum absolute atomic E-state index is 0.129. The van der Waals surface area contributed by atoms with E-state index < -0.39 is 12.1 Å². The molecule has 1 heterocycles. The van der Waals surface area contributed by atoms with Gasteiger partial charge in [-0.2, -0.15) is 0 Å². The fourth-order valence-corrected chi connectivity index (χ4v) is 0.815. The second kappa shape index (κ2) is 4.34. The van der Waals surface area contributed by atoms with E-state index >= 15 is 0 Å². The fraction of sp³-hybridized carbons (Fsp3) is 0.500. The van der Waals surface area contributed by atoms with Gasteiger partial charge < -0.3 is 4.74 Å². The van der Waals surface area contributed by atoms with Crippen LogP contribution in [0.5, 0.6) is 0 Å². The molecule has 1 rings (SSSR count). The van der Waals surface area contributed by atoms with Crippen LogP contribution in [0.25, 0.3) is 10.4 Å². The maximum Gasteiger partial charge on any atom is 0.341 e. The van der Waals surface area contributed by atoms with Gasteiger partial charge in [0.2, 0.25) is 6.10 Å². The molecule has 0 spiro atoms. The van der Waals surface area contributed by atoms with Gasteiger partial charge in [0.25, 0.3) is 0 Å². The van der Waals surface area contributed by atoms with Crippen molar-refractivity contribution in [3.63, 3.8) is 0 Å². The van der Waals surface area contributed by atoms with E-state index in [1.807, 2.05) is 0 Å². The molecule has 0 aromatic carbocycles. The number of rotatable bonds is 3. The number of ether oxygens (including phenoxy) is 1. The van der Waals surface area contributed by atoms with Gasteiger partial charge in [-0.3, -0.25) is 10.3 Å². The quantitative estimate of drug-likeness (QED) is 0.294. The van der Waals surface area contributed by atoms with Crippen LogP contribution in [0, 0.1) is 0 Å². The third kappa shape index (κ3) is 2.36. The molecule has 0 saturated carbocycles. The van der Waals surface area contributed by atoms with E-state index in [1.54, 1.807) is 0 Å². The van der Waals surface area contributed by atoms with Gasteiger partial charge in [-0.15, -0.1) is 0 Å². The molecular weight excluding hydrogens is 176 g/mol.